The highest BCUT2D eigenvalue weighted by molar-refractivity contribution is 6.18. The molecular formula is C10H21ClN2. The lowest BCUT2D eigenvalue weighted by atomic mass is 9.78. The summed E-state index contributed by atoms with van der Waals surface area (Å²) in [6.07, 6.45) is 5.08. The van der Waals surface area contributed by atoms with Crippen LogP contribution < -0.4 is 5.32 Å². The smallest absolute Gasteiger partial charge is 0.0406 e. The van der Waals surface area contributed by atoms with Gasteiger partial charge in [-0.05, 0) is 52.9 Å². The molecule has 2 nitrogen and oxygen atoms in total. The molecule has 13 heavy (non-hydrogen) atoms. The minimum absolute atomic E-state index is 0.299. The van der Waals surface area contributed by atoms with Crippen LogP contribution in [0.15, 0.2) is 0 Å². The molecule has 0 bridgehead atoms. The van der Waals surface area contributed by atoms with Gasteiger partial charge in [0.15, 0.2) is 0 Å². The molecule has 1 aliphatic carbocycles. The molecule has 0 aromatic carbocycles. The maximum atomic E-state index is 5.93. The van der Waals surface area contributed by atoms with Crippen LogP contribution >= 0.6 is 11.6 Å². The van der Waals surface area contributed by atoms with E-state index in [1.165, 1.54) is 25.7 Å². The van der Waals surface area contributed by atoms with Gasteiger partial charge in [0.2, 0.25) is 0 Å². The van der Waals surface area contributed by atoms with E-state index in [4.69, 9.17) is 11.6 Å². The van der Waals surface area contributed by atoms with Gasteiger partial charge in [-0.25, -0.2) is 0 Å². The molecule has 1 aliphatic rings. The molecule has 0 unspecified atom stereocenters. The van der Waals surface area contributed by atoms with Crippen LogP contribution in [0.1, 0.15) is 25.7 Å². The minimum atomic E-state index is 0.299. The molecule has 1 rings (SSSR count). The van der Waals surface area contributed by atoms with Crippen molar-refractivity contribution < 1.29 is 0 Å². The van der Waals surface area contributed by atoms with Crippen molar-refractivity contribution in [3.8, 4) is 0 Å². The second kappa shape index (κ2) is 5.18. The van der Waals surface area contributed by atoms with Crippen LogP contribution in [-0.4, -0.2) is 43.5 Å². The van der Waals surface area contributed by atoms with E-state index in [1.54, 1.807) is 0 Å². The molecule has 0 spiro atoms. The molecule has 0 aromatic heterocycles. The first kappa shape index (κ1) is 11.3. The summed E-state index contributed by atoms with van der Waals surface area (Å²) in [7, 11) is 4.22. The lowest BCUT2D eigenvalue weighted by Crippen LogP contribution is -2.53. The topological polar surface area (TPSA) is 15.3 Å². The maximum absolute atomic E-state index is 5.93. The summed E-state index contributed by atoms with van der Waals surface area (Å²) in [5, 5.41) is 3.58. The highest BCUT2D eigenvalue weighted by Gasteiger charge is 2.34. The summed E-state index contributed by atoms with van der Waals surface area (Å²) in [6.45, 7) is 2.26. The van der Waals surface area contributed by atoms with Gasteiger partial charge in [-0.15, -0.1) is 11.6 Å². The molecule has 1 saturated carbocycles. The number of hydrogen-bond donors (Lipinski definition) is 1. The molecule has 0 aromatic rings. The number of rotatable bonds is 6. The average Bonchev–Trinajstić information content (AvgIpc) is 2.01. The predicted molar refractivity (Wildman–Crippen MR) is 58.5 cm³/mol. The van der Waals surface area contributed by atoms with Gasteiger partial charge in [0.25, 0.3) is 0 Å². The zero-order valence-corrected chi connectivity index (χ0v) is 9.53. The highest BCUT2D eigenvalue weighted by Crippen LogP contribution is 2.32. The molecule has 0 amide bonds. The van der Waals surface area contributed by atoms with Crippen LogP contribution in [0.5, 0.6) is 0 Å². The van der Waals surface area contributed by atoms with E-state index in [9.17, 15) is 0 Å². The Labute approximate surface area is 86.6 Å². The number of hydrogen-bond acceptors (Lipinski definition) is 2. The molecule has 78 valence electrons. The number of alkyl halides is 1. The highest BCUT2D eigenvalue weighted by atomic mass is 35.5. The van der Waals surface area contributed by atoms with Crippen LogP contribution in [0.25, 0.3) is 0 Å². The van der Waals surface area contributed by atoms with E-state index in [0.717, 1.165) is 19.0 Å². The Hall–Kier alpha value is 0.210. The van der Waals surface area contributed by atoms with Crippen molar-refractivity contribution in [2.45, 2.75) is 31.2 Å². The van der Waals surface area contributed by atoms with Crippen molar-refractivity contribution in [3.63, 3.8) is 0 Å². The fourth-order valence-electron chi connectivity index (χ4n) is 1.71. The summed E-state index contributed by atoms with van der Waals surface area (Å²) in [6, 6.07) is 0. The molecule has 0 radical (unpaired) electrons. The van der Waals surface area contributed by atoms with Crippen molar-refractivity contribution in [1.29, 1.82) is 0 Å². The van der Waals surface area contributed by atoms with E-state index in [1.807, 2.05) is 0 Å². The second-order valence-corrected chi connectivity index (χ2v) is 4.62. The van der Waals surface area contributed by atoms with Gasteiger partial charge in [0, 0.05) is 11.4 Å². The Balaban J connectivity index is 2.04. The van der Waals surface area contributed by atoms with E-state index in [0.29, 0.717) is 5.54 Å². The first-order valence-electron chi connectivity index (χ1n) is 5.14. The summed E-state index contributed by atoms with van der Waals surface area (Å²) in [5.41, 5.74) is 0.299. The van der Waals surface area contributed by atoms with Gasteiger partial charge in [-0.1, -0.05) is 0 Å². The van der Waals surface area contributed by atoms with Gasteiger partial charge >= 0.3 is 0 Å². The standard InChI is InChI=1S/C10H21ClN2/c1-13(2)8-4-7-12-10(9-11)5-3-6-10/h12H,3-9H2,1-2H3. The van der Waals surface area contributed by atoms with Crippen LogP contribution in [0, 0.1) is 0 Å². The average molecular weight is 205 g/mol. The Morgan fingerprint density at radius 2 is 2.08 bits per heavy atom. The molecule has 0 saturated heterocycles. The first-order chi connectivity index (χ1) is 6.18. The summed E-state index contributed by atoms with van der Waals surface area (Å²) in [4.78, 5) is 2.22. The fourth-order valence-corrected chi connectivity index (χ4v) is 2.07. The third-order valence-electron chi connectivity index (χ3n) is 2.85. The summed E-state index contributed by atoms with van der Waals surface area (Å²) in [5.74, 6) is 0.773. The summed E-state index contributed by atoms with van der Waals surface area (Å²) >= 11 is 5.93. The van der Waals surface area contributed by atoms with Crippen LogP contribution in [-0.2, 0) is 0 Å². The Bertz CT molecular complexity index is 138. The predicted octanol–water partition coefficient (Wildman–Crippen LogP) is 1.69. The third kappa shape index (κ3) is 3.45. The quantitative estimate of drug-likeness (QED) is 0.524. The van der Waals surface area contributed by atoms with Crippen LogP contribution in [0.4, 0.5) is 0 Å². The van der Waals surface area contributed by atoms with Crippen molar-refractivity contribution in [2.24, 2.45) is 0 Å². The lowest BCUT2D eigenvalue weighted by molar-refractivity contribution is 0.210. The van der Waals surface area contributed by atoms with Gasteiger partial charge in [0.1, 0.15) is 0 Å². The van der Waals surface area contributed by atoms with Gasteiger partial charge in [-0.2, -0.15) is 0 Å². The molecule has 1 fully saturated rings. The molecule has 0 aliphatic heterocycles. The van der Waals surface area contributed by atoms with Gasteiger partial charge in [0.05, 0.1) is 0 Å². The number of halogens is 1. The van der Waals surface area contributed by atoms with Crippen molar-refractivity contribution in [3.05, 3.63) is 0 Å². The first-order valence-corrected chi connectivity index (χ1v) is 5.68. The largest absolute Gasteiger partial charge is 0.310 e. The summed E-state index contributed by atoms with van der Waals surface area (Å²) < 4.78 is 0. The normalized spacial score (nSPS) is 20.3. The van der Waals surface area contributed by atoms with E-state index >= 15 is 0 Å². The molecule has 0 heterocycles. The zero-order valence-electron chi connectivity index (χ0n) is 8.77. The fraction of sp³-hybridized carbons (Fsp3) is 1.00. The zero-order chi connectivity index (χ0) is 9.73. The Morgan fingerprint density at radius 1 is 1.38 bits per heavy atom. The van der Waals surface area contributed by atoms with E-state index in [2.05, 4.69) is 24.3 Å². The van der Waals surface area contributed by atoms with Crippen LogP contribution in [0.2, 0.25) is 0 Å². The Kier molecular flexibility index (Phi) is 4.50. The Morgan fingerprint density at radius 3 is 2.46 bits per heavy atom. The molecular weight excluding hydrogens is 184 g/mol. The van der Waals surface area contributed by atoms with Crippen molar-refractivity contribution >= 4 is 11.6 Å². The van der Waals surface area contributed by atoms with Crippen molar-refractivity contribution in [1.82, 2.24) is 10.2 Å². The minimum Gasteiger partial charge on any atom is -0.310 e. The molecule has 3 heteroatoms. The van der Waals surface area contributed by atoms with Crippen LogP contribution in [0.3, 0.4) is 0 Å². The molecule has 0 atom stereocenters. The molecule has 1 N–H and O–H groups in total. The second-order valence-electron chi connectivity index (χ2n) is 4.35. The SMILES string of the molecule is CN(C)CCCNC1(CCl)CCC1. The van der Waals surface area contributed by atoms with Gasteiger partial charge in [-0.3, -0.25) is 0 Å². The lowest BCUT2D eigenvalue weighted by Gasteiger charge is -2.41. The third-order valence-corrected chi connectivity index (χ3v) is 3.36. The van der Waals surface area contributed by atoms with E-state index < -0.39 is 0 Å². The van der Waals surface area contributed by atoms with Gasteiger partial charge < -0.3 is 10.2 Å². The van der Waals surface area contributed by atoms with Crippen molar-refractivity contribution in [2.75, 3.05) is 33.1 Å². The van der Waals surface area contributed by atoms with E-state index in [-0.39, 0.29) is 0 Å². The maximum Gasteiger partial charge on any atom is 0.0406 e. The number of nitrogens with one attached hydrogen (secondary N) is 1. The number of nitrogens with zero attached hydrogens (tertiary/aromatic N) is 1. The monoisotopic (exact) mass is 204 g/mol.